The molecule has 2 aromatic rings. The third-order valence-electron chi connectivity index (χ3n) is 3.43. The number of carbonyl (C=O) groups is 1. The van der Waals surface area contributed by atoms with Crippen molar-refractivity contribution in [3.63, 3.8) is 0 Å². The van der Waals surface area contributed by atoms with Gasteiger partial charge in [-0.1, -0.05) is 55.0 Å². The Kier molecular flexibility index (Phi) is 4.94. The van der Waals surface area contributed by atoms with Gasteiger partial charge in [0.1, 0.15) is 0 Å². The maximum atomic E-state index is 12.2. The molecule has 20 heavy (non-hydrogen) atoms. The lowest BCUT2D eigenvalue weighted by atomic mass is 10.0. The first-order chi connectivity index (χ1) is 9.69. The second-order valence-corrected chi connectivity index (χ2v) is 5.14. The molecule has 2 rings (SSSR count). The van der Waals surface area contributed by atoms with E-state index < -0.39 is 0 Å². The maximum Gasteiger partial charge on any atom is 0.251 e. The highest BCUT2D eigenvalue weighted by molar-refractivity contribution is 5.94. The van der Waals surface area contributed by atoms with Gasteiger partial charge in [-0.05, 0) is 37.5 Å². The Balaban J connectivity index is 2.01. The SMILES string of the molecule is CC[C@H](Cc1ccccc1)NC(=O)c1cccc(C)c1. The predicted octanol–water partition coefficient (Wildman–Crippen LogP) is 3.75. The molecule has 2 heteroatoms. The molecule has 1 atom stereocenters. The van der Waals surface area contributed by atoms with Crippen molar-refractivity contribution in [2.45, 2.75) is 32.7 Å². The van der Waals surface area contributed by atoms with Crippen LogP contribution >= 0.6 is 0 Å². The van der Waals surface area contributed by atoms with Crippen molar-refractivity contribution >= 4 is 5.91 Å². The second kappa shape index (κ2) is 6.90. The molecule has 0 bridgehead atoms. The molecule has 0 aliphatic rings. The number of benzene rings is 2. The monoisotopic (exact) mass is 267 g/mol. The van der Waals surface area contributed by atoms with E-state index in [4.69, 9.17) is 0 Å². The van der Waals surface area contributed by atoms with E-state index in [-0.39, 0.29) is 11.9 Å². The van der Waals surface area contributed by atoms with Gasteiger partial charge in [0.15, 0.2) is 0 Å². The van der Waals surface area contributed by atoms with E-state index in [9.17, 15) is 4.79 Å². The molecule has 104 valence electrons. The highest BCUT2D eigenvalue weighted by Gasteiger charge is 2.12. The van der Waals surface area contributed by atoms with Crippen molar-refractivity contribution < 1.29 is 4.79 Å². The van der Waals surface area contributed by atoms with Crippen LogP contribution in [0, 0.1) is 6.92 Å². The van der Waals surface area contributed by atoms with Gasteiger partial charge in [0.2, 0.25) is 0 Å². The Morgan fingerprint density at radius 1 is 1.10 bits per heavy atom. The van der Waals surface area contributed by atoms with E-state index in [1.807, 2.05) is 49.4 Å². The molecule has 0 radical (unpaired) electrons. The van der Waals surface area contributed by atoms with Gasteiger partial charge >= 0.3 is 0 Å². The number of hydrogen-bond donors (Lipinski definition) is 1. The number of amides is 1. The molecule has 0 aromatic heterocycles. The molecule has 1 N–H and O–H groups in total. The Morgan fingerprint density at radius 3 is 2.50 bits per heavy atom. The minimum absolute atomic E-state index is 0.0106. The van der Waals surface area contributed by atoms with Crippen LogP contribution in [-0.2, 0) is 6.42 Å². The number of carbonyl (C=O) groups excluding carboxylic acids is 1. The van der Waals surface area contributed by atoms with Gasteiger partial charge in [-0.2, -0.15) is 0 Å². The topological polar surface area (TPSA) is 29.1 Å². The zero-order valence-electron chi connectivity index (χ0n) is 12.1. The van der Waals surface area contributed by atoms with Crippen LogP contribution in [0.15, 0.2) is 54.6 Å². The molecule has 0 spiro atoms. The van der Waals surface area contributed by atoms with Crippen LogP contribution < -0.4 is 5.32 Å². The molecular weight excluding hydrogens is 246 g/mol. The van der Waals surface area contributed by atoms with Crippen molar-refractivity contribution in [1.29, 1.82) is 0 Å². The Morgan fingerprint density at radius 2 is 1.85 bits per heavy atom. The van der Waals surface area contributed by atoms with Crippen LogP contribution in [-0.4, -0.2) is 11.9 Å². The quantitative estimate of drug-likeness (QED) is 0.878. The molecule has 2 nitrogen and oxygen atoms in total. The molecule has 0 aliphatic heterocycles. The Hall–Kier alpha value is -2.09. The summed E-state index contributed by atoms with van der Waals surface area (Å²) in [6.07, 6.45) is 1.79. The van der Waals surface area contributed by atoms with Gasteiger partial charge in [-0.3, -0.25) is 4.79 Å². The summed E-state index contributed by atoms with van der Waals surface area (Å²) in [5.41, 5.74) is 3.09. The van der Waals surface area contributed by atoms with E-state index in [0.717, 1.165) is 24.0 Å². The zero-order chi connectivity index (χ0) is 14.4. The summed E-state index contributed by atoms with van der Waals surface area (Å²) in [6.45, 7) is 4.10. The van der Waals surface area contributed by atoms with Crippen LogP contribution in [0.5, 0.6) is 0 Å². The normalized spacial score (nSPS) is 11.9. The summed E-state index contributed by atoms with van der Waals surface area (Å²) < 4.78 is 0. The predicted molar refractivity (Wildman–Crippen MR) is 82.9 cm³/mol. The lowest BCUT2D eigenvalue weighted by Crippen LogP contribution is -2.36. The summed E-state index contributed by atoms with van der Waals surface area (Å²) in [4.78, 5) is 12.2. The largest absolute Gasteiger partial charge is 0.349 e. The first-order valence-corrected chi connectivity index (χ1v) is 7.10. The first kappa shape index (κ1) is 14.3. The summed E-state index contributed by atoms with van der Waals surface area (Å²) in [6, 6.07) is 18.1. The molecule has 2 aromatic carbocycles. The lowest BCUT2D eigenvalue weighted by Gasteiger charge is -2.17. The molecule has 0 heterocycles. The molecule has 0 saturated heterocycles. The number of hydrogen-bond acceptors (Lipinski definition) is 1. The van der Waals surface area contributed by atoms with Crippen LogP contribution in [0.2, 0.25) is 0 Å². The molecule has 1 amide bonds. The van der Waals surface area contributed by atoms with Crippen LogP contribution in [0.4, 0.5) is 0 Å². The fraction of sp³-hybridized carbons (Fsp3) is 0.278. The third-order valence-corrected chi connectivity index (χ3v) is 3.43. The van der Waals surface area contributed by atoms with Gasteiger partial charge in [0.25, 0.3) is 5.91 Å². The first-order valence-electron chi connectivity index (χ1n) is 7.10. The molecular formula is C18H21NO. The average Bonchev–Trinajstić information content (AvgIpc) is 2.47. The van der Waals surface area contributed by atoms with Crippen molar-refractivity contribution in [1.82, 2.24) is 5.32 Å². The minimum Gasteiger partial charge on any atom is -0.349 e. The maximum absolute atomic E-state index is 12.2. The lowest BCUT2D eigenvalue weighted by molar-refractivity contribution is 0.0935. The van der Waals surface area contributed by atoms with Crippen molar-refractivity contribution in [2.24, 2.45) is 0 Å². The van der Waals surface area contributed by atoms with E-state index in [1.165, 1.54) is 5.56 Å². The van der Waals surface area contributed by atoms with Crippen LogP contribution in [0.1, 0.15) is 34.8 Å². The van der Waals surface area contributed by atoms with E-state index in [1.54, 1.807) is 0 Å². The summed E-state index contributed by atoms with van der Waals surface area (Å²) in [7, 11) is 0. The second-order valence-electron chi connectivity index (χ2n) is 5.14. The molecule has 0 unspecified atom stereocenters. The summed E-state index contributed by atoms with van der Waals surface area (Å²) in [5, 5.41) is 3.12. The Labute approximate surface area is 120 Å². The van der Waals surface area contributed by atoms with E-state index >= 15 is 0 Å². The van der Waals surface area contributed by atoms with E-state index in [2.05, 4.69) is 24.4 Å². The van der Waals surface area contributed by atoms with Gasteiger partial charge in [0.05, 0.1) is 0 Å². The molecule has 0 fully saturated rings. The zero-order valence-corrected chi connectivity index (χ0v) is 12.1. The van der Waals surface area contributed by atoms with Crippen molar-refractivity contribution in [3.05, 3.63) is 71.3 Å². The highest BCUT2D eigenvalue weighted by Crippen LogP contribution is 2.08. The van der Waals surface area contributed by atoms with Crippen LogP contribution in [0.25, 0.3) is 0 Å². The van der Waals surface area contributed by atoms with E-state index in [0.29, 0.717) is 0 Å². The number of rotatable bonds is 5. The Bertz CT molecular complexity index is 563. The highest BCUT2D eigenvalue weighted by atomic mass is 16.1. The molecule has 0 aliphatic carbocycles. The fourth-order valence-corrected chi connectivity index (χ4v) is 2.25. The minimum atomic E-state index is 0.0106. The average molecular weight is 267 g/mol. The van der Waals surface area contributed by atoms with Crippen molar-refractivity contribution in [2.75, 3.05) is 0 Å². The smallest absolute Gasteiger partial charge is 0.251 e. The number of nitrogens with one attached hydrogen (secondary N) is 1. The standard InChI is InChI=1S/C18H21NO/c1-3-17(13-15-9-5-4-6-10-15)19-18(20)16-11-7-8-14(2)12-16/h4-12,17H,3,13H2,1-2H3,(H,19,20)/t17-/m1/s1. The summed E-state index contributed by atoms with van der Waals surface area (Å²) >= 11 is 0. The summed E-state index contributed by atoms with van der Waals surface area (Å²) in [5.74, 6) is 0.0106. The van der Waals surface area contributed by atoms with Gasteiger partial charge < -0.3 is 5.32 Å². The number of aryl methyl sites for hydroxylation is 1. The molecule has 0 saturated carbocycles. The third kappa shape index (κ3) is 3.95. The fourth-order valence-electron chi connectivity index (χ4n) is 2.25. The van der Waals surface area contributed by atoms with Crippen LogP contribution in [0.3, 0.4) is 0 Å². The van der Waals surface area contributed by atoms with Gasteiger partial charge in [-0.25, -0.2) is 0 Å². The van der Waals surface area contributed by atoms with Crippen molar-refractivity contribution in [3.8, 4) is 0 Å². The van der Waals surface area contributed by atoms with Gasteiger partial charge in [-0.15, -0.1) is 0 Å². The van der Waals surface area contributed by atoms with Gasteiger partial charge in [0, 0.05) is 11.6 Å².